The molecule has 110 valence electrons. The Labute approximate surface area is 123 Å². The Morgan fingerprint density at radius 1 is 1.33 bits per heavy atom. The molecule has 0 unspecified atom stereocenters. The summed E-state index contributed by atoms with van der Waals surface area (Å²) in [5.41, 5.74) is 2.19. The second-order valence-electron chi connectivity index (χ2n) is 4.91. The van der Waals surface area contributed by atoms with E-state index in [1.54, 1.807) is 19.1 Å². The lowest BCUT2D eigenvalue weighted by molar-refractivity contribution is 0.0696. The van der Waals surface area contributed by atoms with Crippen molar-refractivity contribution in [1.82, 2.24) is 9.55 Å². The minimum Gasteiger partial charge on any atom is -0.478 e. The molecular weight excluding hydrogens is 268 g/mol. The fourth-order valence-corrected chi connectivity index (χ4v) is 2.28. The third-order valence-electron chi connectivity index (χ3n) is 3.40. The van der Waals surface area contributed by atoms with Crippen LogP contribution in [0.1, 0.15) is 52.1 Å². The van der Waals surface area contributed by atoms with Crippen molar-refractivity contribution in [2.24, 2.45) is 0 Å². The van der Waals surface area contributed by atoms with E-state index in [4.69, 9.17) is 5.11 Å². The maximum atomic E-state index is 11.3. The van der Waals surface area contributed by atoms with Gasteiger partial charge in [0.2, 0.25) is 0 Å². The average molecular weight is 286 g/mol. The first kappa shape index (κ1) is 15.0. The van der Waals surface area contributed by atoms with E-state index in [2.05, 4.69) is 11.9 Å². The Bertz CT molecular complexity index is 657. The van der Waals surface area contributed by atoms with Gasteiger partial charge in [-0.1, -0.05) is 13.3 Å². The third kappa shape index (κ3) is 3.02. The van der Waals surface area contributed by atoms with Crippen molar-refractivity contribution in [2.45, 2.75) is 33.1 Å². The number of carbonyl (C=O) groups excluding carboxylic acids is 1. The van der Waals surface area contributed by atoms with Crippen molar-refractivity contribution in [2.75, 3.05) is 0 Å². The van der Waals surface area contributed by atoms with Crippen LogP contribution < -0.4 is 0 Å². The summed E-state index contributed by atoms with van der Waals surface area (Å²) in [6.07, 6.45) is 3.61. The first-order valence-corrected chi connectivity index (χ1v) is 6.95. The van der Waals surface area contributed by atoms with Crippen LogP contribution in [0.5, 0.6) is 0 Å². The number of benzene rings is 1. The standard InChI is InChI=1S/C16H18N2O3/c1-3-4-5-15-17-11(2)14(10-19)18(15)13-8-6-12(7-9-13)16(20)21/h6-10H,3-5H2,1-2H3,(H,20,21). The van der Waals surface area contributed by atoms with Crippen LogP contribution in [0.2, 0.25) is 0 Å². The molecule has 0 radical (unpaired) electrons. The fourth-order valence-electron chi connectivity index (χ4n) is 2.28. The highest BCUT2D eigenvalue weighted by atomic mass is 16.4. The maximum absolute atomic E-state index is 11.3. The van der Waals surface area contributed by atoms with E-state index in [9.17, 15) is 9.59 Å². The summed E-state index contributed by atoms with van der Waals surface area (Å²) in [6.45, 7) is 3.91. The second-order valence-corrected chi connectivity index (χ2v) is 4.91. The van der Waals surface area contributed by atoms with E-state index in [0.717, 1.165) is 37.1 Å². The van der Waals surface area contributed by atoms with E-state index in [-0.39, 0.29) is 5.56 Å². The number of aldehydes is 1. The molecule has 0 saturated heterocycles. The lowest BCUT2D eigenvalue weighted by Gasteiger charge is -2.10. The highest BCUT2D eigenvalue weighted by Crippen LogP contribution is 2.19. The van der Waals surface area contributed by atoms with Crippen LogP contribution >= 0.6 is 0 Å². The number of unbranched alkanes of at least 4 members (excludes halogenated alkanes) is 1. The van der Waals surface area contributed by atoms with E-state index in [0.29, 0.717) is 11.4 Å². The average Bonchev–Trinajstić information content (AvgIpc) is 2.80. The molecule has 0 saturated carbocycles. The lowest BCUT2D eigenvalue weighted by Crippen LogP contribution is -2.06. The van der Waals surface area contributed by atoms with Crippen LogP contribution in [0.15, 0.2) is 24.3 Å². The molecule has 0 aliphatic carbocycles. The molecule has 1 N–H and O–H groups in total. The van der Waals surface area contributed by atoms with Crippen molar-refractivity contribution in [1.29, 1.82) is 0 Å². The molecule has 5 heteroatoms. The number of aryl methyl sites for hydroxylation is 2. The molecule has 0 bridgehead atoms. The van der Waals surface area contributed by atoms with Gasteiger partial charge in [0.1, 0.15) is 11.5 Å². The molecule has 1 aromatic carbocycles. The Morgan fingerprint density at radius 2 is 2.00 bits per heavy atom. The van der Waals surface area contributed by atoms with Gasteiger partial charge in [0.15, 0.2) is 6.29 Å². The van der Waals surface area contributed by atoms with Gasteiger partial charge in [-0.25, -0.2) is 9.78 Å². The molecule has 1 heterocycles. The highest BCUT2D eigenvalue weighted by Gasteiger charge is 2.15. The zero-order chi connectivity index (χ0) is 15.4. The summed E-state index contributed by atoms with van der Waals surface area (Å²) in [5.74, 6) is -0.135. The normalized spacial score (nSPS) is 10.6. The summed E-state index contributed by atoms with van der Waals surface area (Å²) in [5, 5.41) is 8.95. The minimum absolute atomic E-state index is 0.221. The van der Waals surface area contributed by atoms with Crippen LogP contribution in [-0.4, -0.2) is 26.9 Å². The quantitative estimate of drug-likeness (QED) is 0.828. The molecule has 0 spiro atoms. The molecule has 1 aromatic heterocycles. The van der Waals surface area contributed by atoms with Crippen LogP contribution in [0.25, 0.3) is 5.69 Å². The number of carboxylic acid groups (broad SMARTS) is 1. The number of hydrogen-bond donors (Lipinski definition) is 1. The van der Waals surface area contributed by atoms with Crippen LogP contribution in [-0.2, 0) is 6.42 Å². The number of hydrogen-bond acceptors (Lipinski definition) is 3. The summed E-state index contributed by atoms with van der Waals surface area (Å²) >= 11 is 0. The first-order valence-electron chi connectivity index (χ1n) is 6.95. The first-order chi connectivity index (χ1) is 10.1. The van der Waals surface area contributed by atoms with Crippen molar-refractivity contribution in [3.63, 3.8) is 0 Å². The van der Waals surface area contributed by atoms with Crippen molar-refractivity contribution >= 4 is 12.3 Å². The van der Waals surface area contributed by atoms with Gasteiger partial charge in [-0.3, -0.25) is 9.36 Å². The molecular formula is C16H18N2O3. The number of rotatable bonds is 6. The van der Waals surface area contributed by atoms with Crippen LogP contribution in [0, 0.1) is 6.92 Å². The van der Waals surface area contributed by atoms with Gasteiger partial charge in [-0.2, -0.15) is 0 Å². The molecule has 2 aromatic rings. The van der Waals surface area contributed by atoms with Crippen molar-refractivity contribution in [3.8, 4) is 5.69 Å². The number of imidazole rings is 1. The van der Waals surface area contributed by atoms with E-state index in [1.165, 1.54) is 12.1 Å². The summed E-state index contributed by atoms with van der Waals surface area (Å²) in [6, 6.07) is 6.47. The number of aromatic nitrogens is 2. The fraction of sp³-hybridized carbons (Fsp3) is 0.312. The number of carbonyl (C=O) groups is 2. The lowest BCUT2D eigenvalue weighted by atomic mass is 10.2. The predicted octanol–water partition coefficient (Wildman–Crippen LogP) is 3.03. The Kier molecular flexibility index (Phi) is 4.52. The van der Waals surface area contributed by atoms with Crippen molar-refractivity contribution in [3.05, 3.63) is 47.0 Å². The predicted molar refractivity (Wildman–Crippen MR) is 79.3 cm³/mol. The zero-order valence-corrected chi connectivity index (χ0v) is 12.2. The van der Waals surface area contributed by atoms with Gasteiger partial charge in [0.25, 0.3) is 0 Å². The van der Waals surface area contributed by atoms with Gasteiger partial charge < -0.3 is 5.11 Å². The summed E-state index contributed by atoms with van der Waals surface area (Å²) in [4.78, 5) is 26.7. The molecule has 0 atom stereocenters. The smallest absolute Gasteiger partial charge is 0.335 e. The Hall–Kier alpha value is -2.43. The molecule has 0 aliphatic rings. The zero-order valence-electron chi connectivity index (χ0n) is 12.2. The Balaban J connectivity index is 2.49. The summed E-state index contributed by atoms with van der Waals surface area (Å²) < 4.78 is 1.81. The largest absolute Gasteiger partial charge is 0.478 e. The Morgan fingerprint density at radius 3 is 2.52 bits per heavy atom. The topological polar surface area (TPSA) is 72.2 Å². The van der Waals surface area contributed by atoms with Crippen LogP contribution in [0.3, 0.4) is 0 Å². The van der Waals surface area contributed by atoms with E-state index >= 15 is 0 Å². The minimum atomic E-state index is -0.967. The number of nitrogens with zero attached hydrogens (tertiary/aromatic N) is 2. The highest BCUT2D eigenvalue weighted by molar-refractivity contribution is 5.87. The van der Waals surface area contributed by atoms with E-state index in [1.807, 2.05) is 4.57 Å². The van der Waals surface area contributed by atoms with Crippen molar-refractivity contribution < 1.29 is 14.7 Å². The summed E-state index contributed by atoms with van der Waals surface area (Å²) in [7, 11) is 0. The van der Waals surface area contributed by atoms with Gasteiger partial charge in [0.05, 0.1) is 11.3 Å². The van der Waals surface area contributed by atoms with Gasteiger partial charge in [0, 0.05) is 12.1 Å². The molecule has 5 nitrogen and oxygen atoms in total. The monoisotopic (exact) mass is 286 g/mol. The van der Waals surface area contributed by atoms with Crippen LogP contribution in [0.4, 0.5) is 0 Å². The second kappa shape index (κ2) is 6.35. The van der Waals surface area contributed by atoms with Gasteiger partial charge in [-0.05, 0) is 37.6 Å². The SMILES string of the molecule is CCCCc1nc(C)c(C=O)n1-c1ccc(C(=O)O)cc1. The molecule has 21 heavy (non-hydrogen) atoms. The molecule has 0 amide bonds. The number of carboxylic acids is 1. The molecule has 0 fully saturated rings. The maximum Gasteiger partial charge on any atom is 0.335 e. The van der Waals surface area contributed by atoms with Gasteiger partial charge >= 0.3 is 5.97 Å². The molecule has 2 rings (SSSR count). The van der Waals surface area contributed by atoms with Gasteiger partial charge in [-0.15, -0.1) is 0 Å². The van der Waals surface area contributed by atoms with E-state index < -0.39 is 5.97 Å². The molecule has 0 aliphatic heterocycles. The number of aromatic carboxylic acids is 1. The third-order valence-corrected chi connectivity index (χ3v) is 3.40.